The lowest BCUT2D eigenvalue weighted by Gasteiger charge is -2.33. The molecule has 0 aromatic heterocycles. The molecule has 0 radical (unpaired) electrons. The minimum absolute atomic E-state index is 0.0264. The Morgan fingerprint density at radius 1 is 1.19 bits per heavy atom. The number of benzene rings is 1. The van der Waals surface area contributed by atoms with Crippen LogP contribution >= 0.6 is 0 Å². The van der Waals surface area contributed by atoms with Crippen LogP contribution in [0.2, 0.25) is 0 Å². The van der Waals surface area contributed by atoms with Crippen LogP contribution in [-0.2, 0) is 11.3 Å². The van der Waals surface area contributed by atoms with Gasteiger partial charge in [0.1, 0.15) is 13.2 Å². The molecule has 1 aliphatic heterocycles. The van der Waals surface area contributed by atoms with Gasteiger partial charge in [0.2, 0.25) is 0 Å². The summed E-state index contributed by atoms with van der Waals surface area (Å²) in [5, 5.41) is 0. The van der Waals surface area contributed by atoms with Crippen molar-refractivity contribution in [2.24, 2.45) is 5.73 Å². The van der Waals surface area contributed by atoms with Crippen LogP contribution < -0.4 is 15.2 Å². The molecule has 1 heterocycles. The van der Waals surface area contributed by atoms with E-state index in [1.165, 1.54) is 6.07 Å². The predicted octanol–water partition coefficient (Wildman–Crippen LogP) is 3.34. The fourth-order valence-corrected chi connectivity index (χ4v) is 3.44. The van der Waals surface area contributed by atoms with E-state index < -0.39 is 5.92 Å². The number of alkyl halides is 2. The van der Waals surface area contributed by atoms with Gasteiger partial charge in [0.15, 0.2) is 11.5 Å². The second-order valence-corrected chi connectivity index (χ2v) is 6.13. The summed E-state index contributed by atoms with van der Waals surface area (Å²) in [7, 11) is 0. The highest BCUT2D eigenvalue weighted by Gasteiger charge is 2.40. The van der Waals surface area contributed by atoms with Crippen molar-refractivity contribution >= 4 is 0 Å². The maximum Gasteiger partial charge on any atom is 0.270 e. The molecule has 21 heavy (non-hydrogen) atoms. The van der Waals surface area contributed by atoms with E-state index >= 15 is 0 Å². The summed E-state index contributed by atoms with van der Waals surface area (Å²) in [4.78, 5) is 0. The van der Waals surface area contributed by atoms with Crippen molar-refractivity contribution in [3.05, 3.63) is 23.3 Å². The van der Waals surface area contributed by atoms with E-state index in [-0.39, 0.29) is 11.0 Å². The maximum absolute atomic E-state index is 13.8. The summed E-state index contributed by atoms with van der Waals surface area (Å²) < 4.78 is 38.9. The fraction of sp³-hybridized carbons (Fsp3) is 0.625. The van der Waals surface area contributed by atoms with Crippen molar-refractivity contribution in [3.8, 4) is 11.5 Å². The van der Waals surface area contributed by atoms with E-state index in [0.717, 1.165) is 38.2 Å². The third-order valence-corrected chi connectivity index (χ3v) is 4.67. The number of hydrogen-bond acceptors (Lipinski definition) is 3. The molecule has 1 aromatic carbocycles. The van der Waals surface area contributed by atoms with Crippen LogP contribution in [-0.4, -0.2) is 19.8 Å². The molecule has 5 heteroatoms. The topological polar surface area (TPSA) is 44.5 Å². The van der Waals surface area contributed by atoms with Crippen molar-refractivity contribution in [1.82, 2.24) is 0 Å². The normalized spacial score (nSPS) is 20.6. The van der Waals surface area contributed by atoms with E-state index in [1.54, 1.807) is 6.07 Å². The second-order valence-electron chi connectivity index (χ2n) is 6.13. The van der Waals surface area contributed by atoms with Gasteiger partial charge >= 0.3 is 0 Å². The molecule has 0 unspecified atom stereocenters. The van der Waals surface area contributed by atoms with E-state index in [4.69, 9.17) is 15.2 Å². The Morgan fingerprint density at radius 3 is 2.48 bits per heavy atom. The molecule has 0 bridgehead atoms. The first-order valence-corrected chi connectivity index (χ1v) is 7.49. The zero-order valence-corrected chi connectivity index (χ0v) is 12.3. The number of fused-ring (bicyclic) bond motifs is 1. The van der Waals surface area contributed by atoms with E-state index in [2.05, 4.69) is 0 Å². The molecule has 0 amide bonds. The third-order valence-electron chi connectivity index (χ3n) is 4.67. The predicted molar refractivity (Wildman–Crippen MR) is 76.2 cm³/mol. The van der Waals surface area contributed by atoms with Gasteiger partial charge in [-0.25, -0.2) is 8.78 Å². The summed E-state index contributed by atoms with van der Waals surface area (Å²) in [6.07, 6.45) is 3.97. The van der Waals surface area contributed by atoms with Crippen LogP contribution in [0.4, 0.5) is 8.78 Å². The van der Waals surface area contributed by atoms with E-state index in [9.17, 15) is 8.78 Å². The molecule has 1 saturated carbocycles. The minimum Gasteiger partial charge on any atom is -0.486 e. The lowest BCUT2D eigenvalue weighted by atomic mass is 9.77. The van der Waals surface area contributed by atoms with Crippen molar-refractivity contribution in [1.29, 1.82) is 0 Å². The SMILES string of the molecule is CC(F)(F)c1cc2c(c(C3(CN)CCCC3)c1)OCCO2. The number of rotatable bonds is 3. The van der Waals surface area contributed by atoms with Gasteiger partial charge in [0.25, 0.3) is 5.92 Å². The Labute approximate surface area is 123 Å². The van der Waals surface area contributed by atoms with Gasteiger partial charge in [-0.1, -0.05) is 12.8 Å². The minimum atomic E-state index is -2.90. The zero-order valence-electron chi connectivity index (χ0n) is 12.3. The van der Waals surface area contributed by atoms with Crippen LogP contribution in [0.1, 0.15) is 43.7 Å². The Balaban J connectivity index is 2.17. The van der Waals surface area contributed by atoms with Gasteiger partial charge in [-0.3, -0.25) is 0 Å². The van der Waals surface area contributed by atoms with Crippen LogP contribution in [0.25, 0.3) is 0 Å². The summed E-state index contributed by atoms with van der Waals surface area (Å²) in [5.74, 6) is -1.87. The van der Waals surface area contributed by atoms with Crippen molar-refractivity contribution in [2.45, 2.75) is 43.9 Å². The average Bonchev–Trinajstić information content (AvgIpc) is 2.95. The lowest BCUT2D eigenvalue weighted by molar-refractivity contribution is 0.0167. The van der Waals surface area contributed by atoms with Crippen molar-refractivity contribution in [3.63, 3.8) is 0 Å². The third kappa shape index (κ3) is 2.48. The highest BCUT2D eigenvalue weighted by molar-refractivity contribution is 5.54. The van der Waals surface area contributed by atoms with Crippen LogP contribution in [0, 0.1) is 0 Å². The summed E-state index contributed by atoms with van der Waals surface area (Å²) >= 11 is 0. The van der Waals surface area contributed by atoms with Crippen molar-refractivity contribution in [2.75, 3.05) is 19.8 Å². The fourth-order valence-electron chi connectivity index (χ4n) is 3.44. The molecule has 116 valence electrons. The first-order chi connectivity index (χ1) is 9.96. The number of nitrogens with two attached hydrogens (primary N) is 1. The largest absolute Gasteiger partial charge is 0.486 e. The first kappa shape index (κ1) is 14.6. The molecule has 0 spiro atoms. The van der Waals surface area contributed by atoms with Gasteiger partial charge in [-0.05, 0) is 25.0 Å². The highest BCUT2D eigenvalue weighted by atomic mass is 19.3. The van der Waals surface area contributed by atoms with Gasteiger partial charge < -0.3 is 15.2 Å². The molecular weight excluding hydrogens is 276 g/mol. The molecule has 0 atom stereocenters. The summed E-state index contributed by atoms with van der Waals surface area (Å²) in [6, 6.07) is 2.98. The van der Waals surface area contributed by atoms with Crippen LogP contribution in [0.5, 0.6) is 11.5 Å². The number of ether oxygens (including phenoxy) is 2. The van der Waals surface area contributed by atoms with Gasteiger partial charge in [-0.2, -0.15) is 0 Å². The van der Waals surface area contributed by atoms with Gasteiger partial charge in [0.05, 0.1) is 0 Å². The molecule has 2 aliphatic rings. The molecule has 0 saturated heterocycles. The smallest absolute Gasteiger partial charge is 0.270 e. The van der Waals surface area contributed by atoms with Crippen LogP contribution in [0.15, 0.2) is 12.1 Å². The van der Waals surface area contributed by atoms with E-state index in [0.29, 0.717) is 31.3 Å². The standard InChI is InChI=1S/C16H21F2NO2/c1-15(17,18)11-8-12(16(10-19)4-2-3-5-16)14-13(9-11)20-6-7-21-14/h8-9H,2-7,10,19H2,1H3. The molecule has 1 aliphatic carbocycles. The monoisotopic (exact) mass is 297 g/mol. The number of hydrogen-bond donors (Lipinski definition) is 1. The van der Waals surface area contributed by atoms with Crippen LogP contribution in [0.3, 0.4) is 0 Å². The summed E-state index contributed by atoms with van der Waals surface area (Å²) in [6.45, 7) is 2.19. The second kappa shape index (κ2) is 5.13. The quantitative estimate of drug-likeness (QED) is 0.930. The molecular formula is C16H21F2NO2. The molecule has 2 N–H and O–H groups in total. The maximum atomic E-state index is 13.8. The molecule has 3 rings (SSSR count). The number of halogens is 2. The molecule has 3 nitrogen and oxygen atoms in total. The Bertz CT molecular complexity index is 534. The summed E-state index contributed by atoms with van der Waals surface area (Å²) in [5.41, 5.74) is 6.53. The van der Waals surface area contributed by atoms with Crippen molar-refractivity contribution < 1.29 is 18.3 Å². The first-order valence-electron chi connectivity index (χ1n) is 7.49. The van der Waals surface area contributed by atoms with E-state index in [1.807, 2.05) is 0 Å². The Hall–Kier alpha value is -1.36. The molecule has 1 aromatic rings. The van der Waals surface area contributed by atoms with Gasteiger partial charge in [-0.15, -0.1) is 0 Å². The highest BCUT2D eigenvalue weighted by Crippen LogP contribution is 2.49. The Morgan fingerprint density at radius 2 is 1.86 bits per heavy atom. The zero-order chi connectivity index (χ0) is 15.1. The van der Waals surface area contributed by atoms with Gasteiger partial charge in [0, 0.05) is 30.0 Å². The average molecular weight is 297 g/mol. The lowest BCUT2D eigenvalue weighted by Crippen LogP contribution is -2.34. The Kier molecular flexibility index (Phi) is 3.56. The molecule has 1 fully saturated rings.